The Morgan fingerprint density at radius 2 is 2.35 bits per heavy atom. The highest BCUT2D eigenvalue weighted by molar-refractivity contribution is 5.47. The van der Waals surface area contributed by atoms with Gasteiger partial charge in [0, 0.05) is 13.7 Å². The van der Waals surface area contributed by atoms with Gasteiger partial charge in [-0.1, -0.05) is 0 Å². The van der Waals surface area contributed by atoms with Gasteiger partial charge >= 0.3 is 0 Å². The highest BCUT2D eigenvalue weighted by Gasteiger charge is 2.09. The van der Waals surface area contributed by atoms with Crippen molar-refractivity contribution in [1.82, 2.24) is 9.97 Å². The monoisotopic (exact) mass is 243 g/mol. The van der Waals surface area contributed by atoms with Crippen molar-refractivity contribution in [1.29, 1.82) is 0 Å². The van der Waals surface area contributed by atoms with E-state index in [9.17, 15) is 9.90 Å². The highest BCUT2D eigenvalue weighted by Crippen LogP contribution is 2.13. The Bertz CT molecular complexity index is 393. The Labute approximate surface area is 98.8 Å². The van der Waals surface area contributed by atoms with Gasteiger partial charge in [0.05, 0.1) is 26.1 Å². The molecule has 3 N–H and O–H groups in total. The average Bonchev–Trinajstić information content (AvgIpc) is 2.29. The molecule has 7 nitrogen and oxygen atoms in total. The first-order chi connectivity index (χ1) is 8.19. The molecule has 0 radical (unpaired) electrons. The summed E-state index contributed by atoms with van der Waals surface area (Å²) in [4.78, 5) is 17.7. The lowest BCUT2D eigenvalue weighted by atomic mass is 10.2. The molecule has 0 aliphatic carbocycles. The van der Waals surface area contributed by atoms with E-state index >= 15 is 0 Å². The predicted octanol–water partition coefficient (Wildman–Crippen LogP) is -0.412. The van der Waals surface area contributed by atoms with Crippen LogP contribution in [0.1, 0.15) is 6.42 Å². The number of rotatable bonds is 7. The summed E-state index contributed by atoms with van der Waals surface area (Å²) < 4.78 is 9.72. The molecule has 1 aromatic rings. The fourth-order valence-corrected chi connectivity index (χ4v) is 1.34. The molecule has 1 unspecified atom stereocenters. The molecule has 0 aliphatic heterocycles. The number of nitrogens with zero attached hydrogens (tertiary/aromatic N) is 1. The number of anilines is 1. The molecule has 0 aliphatic rings. The van der Waals surface area contributed by atoms with E-state index in [1.54, 1.807) is 0 Å². The Morgan fingerprint density at radius 3 is 3.00 bits per heavy atom. The summed E-state index contributed by atoms with van der Waals surface area (Å²) in [6, 6.07) is 0. The number of methoxy groups -OCH3 is 2. The van der Waals surface area contributed by atoms with Crippen LogP contribution in [-0.2, 0) is 4.74 Å². The number of ether oxygens (including phenoxy) is 2. The van der Waals surface area contributed by atoms with Crippen LogP contribution in [0.25, 0.3) is 0 Å². The van der Waals surface area contributed by atoms with Crippen LogP contribution in [-0.4, -0.2) is 48.5 Å². The van der Waals surface area contributed by atoms with Crippen LogP contribution >= 0.6 is 0 Å². The molecular weight excluding hydrogens is 226 g/mol. The molecule has 0 aromatic carbocycles. The third-order valence-electron chi connectivity index (χ3n) is 2.14. The van der Waals surface area contributed by atoms with E-state index in [-0.39, 0.29) is 17.9 Å². The van der Waals surface area contributed by atoms with E-state index in [1.807, 2.05) is 0 Å². The standard InChI is InChI=1S/C10H17N3O4/c1-16-5-7(14)3-4-11-9-8(17-2)10(15)13-6-12-9/h6-7,14H,3-5H2,1-2H3,(H2,11,12,13,15). The summed E-state index contributed by atoms with van der Waals surface area (Å²) in [5.74, 6) is 0.495. The quantitative estimate of drug-likeness (QED) is 0.602. The van der Waals surface area contributed by atoms with Gasteiger partial charge in [-0.05, 0) is 6.42 Å². The minimum absolute atomic E-state index is 0.133. The summed E-state index contributed by atoms with van der Waals surface area (Å²) >= 11 is 0. The Balaban J connectivity index is 2.52. The van der Waals surface area contributed by atoms with Crippen molar-refractivity contribution in [3.63, 3.8) is 0 Å². The fourth-order valence-electron chi connectivity index (χ4n) is 1.34. The van der Waals surface area contributed by atoms with E-state index in [0.29, 0.717) is 18.8 Å². The first kappa shape index (κ1) is 13.5. The molecule has 17 heavy (non-hydrogen) atoms. The average molecular weight is 243 g/mol. The first-order valence-corrected chi connectivity index (χ1v) is 5.21. The molecule has 0 saturated heterocycles. The minimum Gasteiger partial charge on any atom is -0.489 e. The van der Waals surface area contributed by atoms with Crippen molar-refractivity contribution >= 4 is 5.82 Å². The Hall–Kier alpha value is -1.60. The highest BCUT2D eigenvalue weighted by atomic mass is 16.5. The lowest BCUT2D eigenvalue weighted by molar-refractivity contribution is 0.0615. The second-order valence-corrected chi connectivity index (χ2v) is 3.44. The SMILES string of the molecule is COCC(O)CCNc1nc[nH]c(=O)c1OC. The van der Waals surface area contributed by atoms with E-state index in [4.69, 9.17) is 9.47 Å². The maximum absolute atomic E-state index is 11.3. The van der Waals surface area contributed by atoms with E-state index < -0.39 is 6.10 Å². The zero-order chi connectivity index (χ0) is 12.7. The molecule has 1 rings (SSSR count). The molecule has 0 fully saturated rings. The van der Waals surface area contributed by atoms with Crippen LogP contribution < -0.4 is 15.6 Å². The summed E-state index contributed by atoms with van der Waals surface area (Å²) in [5.41, 5.74) is -0.345. The zero-order valence-electron chi connectivity index (χ0n) is 9.90. The van der Waals surface area contributed by atoms with Crippen molar-refractivity contribution in [2.24, 2.45) is 0 Å². The van der Waals surface area contributed by atoms with Gasteiger partial charge in [0.2, 0.25) is 5.75 Å². The number of H-pyrrole nitrogens is 1. The van der Waals surface area contributed by atoms with E-state index in [1.165, 1.54) is 20.5 Å². The number of nitrogens with one attached hydrogen (secondary N) is 2. The van der Waals surface area contributed by atoms with Crippen LogP contribution in [0.2, 0.25) is 0 Å². The molecule has 0 saturated carbocycles. The molecule has 0 bridgehead atoms. The van der Waals surface area contributed by atoms with Crippen LogP contribution in [0.3, 0.4) is 0 Å². The van der Waals surface area contributed by atoms with Gasteiger partial charge in [0.1, 0.15) is 0 Å². The van der Waals surface area contributed by atoms with Gasteiger partial charge in [-0.2, -0.15) is 0 Å². The molecule has 7 heteroatoms. The van der Waals surface area contributed by atoms with Crippen LogP contribution in [0.5, 0.6) is 5.75 Å². The van der Waals surface area contributed by atoms with Crippen molar-refractivity contribution in [2.75, 3.05) is 32.7 Å². The third-order valence-corrected chi connectivity index (χ3v) is 2.14. The normalized spacial score (nSPS) is 12.2. The van der Waals surface area contributed by atoms with E-state index in [0.717, 1.165) is 0 Å². The maximum atomic E-state index is 11.3. The minimum atomic E-state index is -0.541. The molecule has 1 heterocycles. The summed E-state index contributed by atoms with van der Waals surface area (Å²) in [7, 11) is 2.93. The number of aromatic amines is 1. The lowest BCUT2D eigenvalue weighted by Gasteiger charge is -2.11. The molecule has 96 valence electrons. The summed E-state index contributed by atoms with van der Waals surface area (Å²) in [5, 5.41) is 12.3. The van der Waals surface area contributed by atoms with Crippen LogP contribution in [0, 0.1) is 0 Å². The molecule has 1 aromatic heterocycles. The number of hydrogen-bond acceptors (Lipinski definition) is 6. The molecule has 1 atom stereocenters. The molecule has 0 amide bonds. The largest absolute Gasteiger partial charge is 0.489 e. The summed E-state index contributed by atoms with van der Waals surface area (Å²) in [6.07, 6.45) is 1.24. The second-order valence-electron chi connectivity index (χ2n) is 3.44. The van der Waals surface area contributed by atoms with Crippen molar-refractivity contribution in [3.05, 3.63) is 16.7 Å². The Morgan fingerprint density at radius 1 is 1.59 bits per heavy atom. The number of aliphatic hydroxyl groups excluding tert-OH is 1. The number of hydrogen-bond donors (Lipinski definition) is 3. The Kier molecular flexibility index (Phi) is 5.44. The first-order valence-electron chi connectivity index (χ1n) is 5.21. The van der Waals surface area contributed by atoms with Gasteiger partial charge in [-0.15, -0.1) is 0 Å². The smallest absolute Gasteiger partial charge is 0.295 e. The van der Waals surface area contributed by atoms with E-state index in [2.05, 4.69) is 15.3 Å². The molecule has 0 spiro atoms. The molecular formula is C10H17N3O4. The van der Waals surface area contributed by atoms with Crippen LogP contribution in [0.4, 0.5) is 5.82 Å². The maximum Gasteiger partial charge on any atom is 0.295 e. The van der Waals surface area contributed by atoms with Gasteiger partial charge in [0.25, 0.3) is 5.56 Å². The third kappa shape index (κ3) is 4.04. The topological polar surface area (TPSA) is 96.5 Å². The van der Waals surface area contributed by atoms with Gasteiger partial charge in [-0.3, -0.25) is 4.79 Å². The van der Waals surface area contributed by atoms with Crippen molar-refractivity contribution in [3.8, 4) is 5.75 Å². The van der Waals surface area contributed by atoms with Gasteiger partial charge in [-0.25, -0.2) is 4.98 Å². The fraction of sp³-hybridized carbons (Fsp3) is 0.600. The predicted molar refractivity (Wildman–Crippen MR) is 62.4 cm³/mol. The van der Waals surface area contributed by atoms with Gasteiger partial charge < -0.3 is 24.9 Å². The van der Waals surface area contributed by atoms with Crippen molar-refractivity contribution < 1.29 is 14.6 Å². The van der Waals surface area contributed by atoms with Crippen molar-refractivity contribution in [2.45, 2.75) is 12.5 Å². The van der Waals surface area contributed by atoms with Gasteiger partial charge in [0.15, 0.2) is 5.82 Å². The number of aliphatic hydroxyl groups is 1. The number of aromatic nitrogens is 2. The zero-order valence-corrected chi connectivity index (χ0v) is 9.90. The lowest BCUT2D eigenvalue weighted by Crippen LogP contribution is -2.20. The summed E-state index contributed by atoms with van der Waals surface area (Å²) in [6.45, 7) is 0.749. The second kappa shape index (κ2) is 6.87. The van der Waals surface area contributed by atoms with Crippen LogP contribution in [0.15, 0.2) is 11.1 Å².